The van der Waals surface area contributed by atoms with Crippen LogP contribution in [0, 0.1) is 6.92 Å². The molecule has 2 heterocycles. The molecule has 2 amide bonds. The Hall–Kier alpha value is -2.81. The molecular weight excluding hydrogens is 400 g/mol. The molecule has 1 saturated heterocycles. The Balaban J connectivity index is 0.000000245. The Morgan fingerprint density at radius 1 is 1.13 bits per heavy atom. The first-order chi connectivity index (χ1) is 14.1. The van der Waals surface area contributed by atoms with Gasteiger partial charge in [0.1, 0.15) is 6.54 Å². The molecule has 8 heteroatoms. The molecule has 5 N–H and O–H groups in total. The minimum atomic E-state index is -0.106. The number of fused-ring (bicyclic) bond motifs is 1. The van der Waals surface area contributed by atoms with Gasteiger partial charge in [-0.2, -0.15) is 0 Å². The van der Waals surface area contributed by atoms with Crippen molar-refractivity contribution in [2.45, 2.75) is 11.8 Å². The number of H-pyrrole nitrogens is 1. The summed E-state index contributed by atoms with van der Waals surface area (Å²) in [6, 6.07) is 18.4. The van der Waals surface area contributed by atoms with Crippen LogP contribution in [0.3, 0.4) is 0 Å². The second-order valence-electron chi connectivity index (χ2n) is 6.71. The number of carbonyl (C=O) groups excluding carboxylic acids is 2. The summed E-state index contributed by atoms with van der Waals surface area (Å²) in [7, 11) is 0. The maximum absolute atomic E-state index is 11.6. The van der Waals surface area contributed by atoms with E-state index in [-0.39, 0.29) is 23.8 Å². The van der Waals surface area contributed by atoms with E-state index in [0.717, 1.165) is 5.75 Å². The van der Waals surface area contributed by atoms with Gasteiger partial charge in [-0.05, 0) is 30.7 Å². The second kappa shape index (κ2) is 12.0. The van der Waals surface area contributed by atoms with Crippen LogP contribution >= 0.6 is 11.8 Å². The lowest BCUT2D eigenvalue weighted by Gasteiger charge is -2.13. The number of nitrogens with zero attached hydrogens (tertiary/aromatic N) is 1. The largest absolute Gasteiger partial charge is 0.412 e. The fourth-order valence-electron chi connectivity index (χ4n) is 2.96. The highest BCUT2D eigenvalue weighted by molar-refractivity contribution is 7.99. The van der Waals surface area contributed by atoms with E-state index in [0.29, 0.717) is 19.8 Å². The van der Waals surface area contributed by atoms with Crippen LogP contribution < -0.4 is 10.6 Å². The quantitative estimate of drug-likeness (QED) is 0.412. The van der Waals surface area contributed by atoms with Gasteiger partial charge in [-0.15, -0.1) is 11.8 Å². The molecule has 0 atom stereocenters. The van der Waals surface area contributed by atoms with E-state index < -0.39 is 0 Å². The number of amides is 2. The zero-order valence-electron chi connectivity index (χ0n) is 17.0. The number of carbonyl (C=O) groups is 2. The summed E-state index contributed by atoms with van der Waals surface area (Å²) in [4.78, 5) is 28.8. The molecule has 0 saturated carbocycles. The molecule has 1 aliphatic heterocycles. The van der Waals surface area contributed by atoms with E-state index in [2.05, 4.69) is 40.7 Å². The summed E-state index contributed by atoms with van der Waals surface area (Å²) in [5.41, 5.74) is 2.54. The highest BCUT2D eigenvalue weighted by Gasteiger charge is 2.21. The van der Waals surface area contributed by atoms with Gasteiger partial charge in [-0.25, -0.2) is 0 Å². The van der Waals surface area contributed by atoms with Crippen LogP contribution in [-0.4, -0.2) is 59.2 Å². The summed E-state index contributed by atoms with van der Waals surface area (Å²) in [5.74, 6) is 0.696. The zero-order valence-corrected chi connectivity index (χ0v) is 17.8. The highest BCUT2D eigenvalue weighted by atomic mass is 32.2. The Bertz CT molecular complexity index is 946. The first-order valence-corrected chi connectivity index (χ1v) is 10.6. The molecule has 30 heavy (non-hydrogen) atoms. The standard InChI is InChI=1S/C13H17N3O2S.C9H9N.H2O/c17-12(9-16-10-14-8-13(16)18)15-6-7-19-11-4-2-1-3-5-11;1-7-6-10-9-5-3-2-4-8(7)9;/h1-5,14H,6-10H2,(H,15,17);2-6,10H,1H3;1H2. The summed E-state index contributed by atoms with van der Waals surface area (Å²) >= 11 is 1.70. The molecule has 7 nitrogen and oxygen atoms in total. The predicted octanol–water partition coefficient (Wildman–Crippen LogP) is 1.94. The lowest BCUT2D eigenvalue weighted by atomic mass is 10.2. The minimum Gasteiger partial charge on any atom is -0.412 e. The van der Waals surface area contributed by atoms with Crippen molar-refractivity contribution < 1.29 is 15.1 Å². The third-order valence-electron chi connectivity index (χ3n) is 4.50. The second-order valence-corrected chi connectivity index (χ2v) is 7.87. The van der Waals surface area contributed by atoms with Crippen LogP contribution in [0.1, 0.15) is 5.56 Å². The van der Waals surface area contributed by atoms with Crippen molar-refractivity contribution in [3.05, 3.63) is 66.4 Å². The van der Waals surface area contributed by atoms with Crippen LogP contribution in [0.25, 0.3) is 10.9 Å². The van der Waals surface area contributed by atoms with E-state index in [1.807, 2.05) is 42.6 Å². The molecular formula is C22H28N4O3S. The predicted molar refractivity (Wildman–Crippen MR) is 121 cm³/mol. The van der Waals surface area contributed by atoms with Crippen molar-refractivity contribution in [1.82, 2.24) is 20.5 Å². The maximum Gasteiger partial charge on any atom is 0.239 e. The molecule has 0 radical (unpaired) electrons. The molecule has 160 valence electrons. The van der Waals surface area contributed by atoms with Crippen LogP contribution in [0.15, 0.2) is 65.7 Å². The van der Waals surface area contributed by atoms with Crippen molar-refractivity contribution in [1.29, 1.82) is 0 Å². The summed E-state index contributed by atoms with van der Waals surface area (Å²) in [6.07, 6.45) is 2.03. The zero-order chi connectivity index (χ0) is 20.5. The summed E-state index contributed by atoms with van der Waals surface area (Å²) < 4.78 is 0. The number of hydrogen-bond donors (Lipinski definition) is 3. The Kier molecular flexibility index (Phi) is 9.40. The minimum absolute atomic E-state index is 0. The Morgan fingerprint density at radius 3 is 2.57 bits per heavy atom. The van der Waals surface area contributed by atoms with Crippen LogP contribution in [0.5, 0.6) is 0 Å². The van der Waals surface area contributed by atoms with Gasteiger partial charge in [0.15, 0.2) is 0 Å². The fourth-order valence-corrected chi connectivity index (χ4v) is 3.75. The number of nitrogens with one attached hydrogen (secondary N) is 3. The SMILES string of the molecule is Cc1c[nH]c2ccccc12.O.O=C(CN1CNCC1=O)NCCSc1ccccc1. The topological polar surface area (TPSA) is 109 Å². The van der Waals surface area contributed by atoms with E-state index in [9.17, 15) is 9.59 Å². The first kappa shape index (κ1) is 23.5. The molecule has 1 fully saturated rings. The lowest BCUT2D eigenvalue weighted by molar-refractivity contribution is -0.132. The fraction of sp³-hybridized carbons (Fsp3) is 0.273. The Morgan fingerprint density at radius 2 is 1.87 bits per heavy atom. The average molecular weight is 429 g/mol. The van der Waals surface area contributed by atoms with Gasteiger partial charge in [-0.1, -0.05) is 36.4 Å². The number of thioether (sulfide) groups is 1. The van der Waals surface area contributed by atoms with Crippen molar-refractivity contribution in [2.75, 3.05) is 32.1 Å². The number of para-hydroxylation sites is 1. The highest BCUT2D eigenvalue weighted by Crippen LogP contribution is 2.16. The van der Waals surface area contributed by atoms with Gasteiger partial charge in [-0.3, -0.25) is 14.9 Å². The summed E-state index contributed by atoms with van der Waals surface area (Å²) in [6.45, 7) is 3.65. The Labute approximate surface area is 180 Å². The van der Waals surface area contributed by atoms with Gasteiger partial charge < -0.3 is 20.7 Å². The summed E-state index contributed by atoms with van der Waals surface area (Å²) in [5, 5.41) is 7.05. The number of aromatic nitrogens is 1. The number of rotatable bonds is 6. The van der Waals surface area contributed by atoms with Crippen molar-refractivity contribution in [2.24, 2.45) is 0 Å². The van der Waals surface area contributed by atoms with Gasteiger partial charge in [0, 0.05) is 34.3 Å². The number of aromatic amines is 1. The van der Waals surface area contributed by atoms with E-state index in [1.54, 1.807) is 11.8 Å². The molecule has 2 aromatic carbocycles. The van der Waals surface area contributed by atoms with Gasteiger partial charge in [0.05, 0.1) is 13.2 Å². The maximum atomic E-state index is 11.6. The smallest absolute Gasteiger partial charge is 0.239 e. The average Bonchev–Trinajstić information content (AvgIpc) is 3.32. The van der Waals surface area contributed by atoms with Gasteiger partial charge >= 0.3 is 0 Å². The third-order valence-corrected chi connectivity index (χ3v) is 5.51. The molecule has 0 spiro atoms. The van der Waals surface area contributed by atoms with Crippen LogP contribution in [-0.2, 0) is 9.59 Å². The molecule has 0 aliphatic carbocycles. The van der Waals surface area contributed by atoms with Gasteiger partial charge in [0.25, 0.3) is 0 Å². The lowest BCUT2D eigenvalue weighted by Crippen LogP contribution is -2.39. The van der Waals surface area contributed by atoms with Crippen molar-refractivity contribution >= 4 is 34.5 Å². The molecule has 1 aromatic heterocycles. The number of aryl methyl sites for hydroxylation is 1. The van der Waals surface area contributed by atoms with Crippen molar-refractivity contribution in [3.63, 3.8) is 0 Å². The van der Waals surface area contributed by atoms with E-state index in [1.165, 1.54) is 26.3 Å². The molecule has 3 aromatic rings. The number of hydrogen-bond acceptors (Lipinski definition) is 4. The monoisotopic (exact) mass is 428 g/mol. The molecule has 0 unspecified atom stereocenters. The van der Waals surface area contributed by atoms with E-state index >= 15 is 0 Å². The molecule has 4 rings (SSSR count). The number of benzene rings is 2. The first-order valence-electron chi connectivity index (χ1n) is 9.59. The normalized spacial score (nSPS) is 12.8. The molecule has 1 aliphatic rings. The van der Waals surface area contributed by atoms with Crippen LogP contribution in [0.2, 0.25) is 0 Å². The molecule has 0 bridgehead atoms. The van der Waals surface area contributed by atoms with Crippen LogP contribution in [0.4, 0.5) is 0 Å². The van der Waals surface area contributed by atoms with Gasteiger partial charge in [0.2, 0.25) is 11.8 Å². The van der Waals surface area contributed by atoms with E-state index in [4.69, 9.17) is 0 Å². The van der Waals surface area contributed by atoms with Crippen molar-refractivity contribution in [3.8, 4) is 0 Å². The third kappa shape index (κ3) is 6.91.